The van der Waals surface area contributed by atoms with Crippen molar-refractivity contribution < 1.29 is 24.0 Å². The highest BCUT2D eigenvalue weighted by atomic mass is 19.1. The van der Waals surface area contributed by atoms with Gasteiger partial charge in [0.1, 0.15) is 17.6 Å². The van der Waals surface area contributed by atoms with Gasteiger partial charge in [-0.05, 0) is 13.0 Å². The SMILES string of the molecule is Cc1ncnc(Oc2ccc([N+](=O)[O-])c(C(=O)O)c2)c1F. The first-order valence-corrected chi connectivity index (χ1v) is 5.57. The molecule has 0 aliphatic heterocycles. The molecule has 108 valence electrons. The minimum absolute atomic E-state index is 0.0559. The highest BCUT2D eigenvalue weighted by Gasteiger charge is 2.21. The average Bonchev–Trinajstić information content (AvgIpc) is 2.43. The van der Waals surface area contributed by atoms with Gasteiger partial charge in [-0.3, -0.25) is 10.1 Å². The lowest BCUT2D eigenvalue weighted by Crippen LogP contribution is -2.03. The summed E-state index contributed by atoms with van der Waals surface area (Å²) >= 11 is 0. The smallest absolute Gasteiger partial charge is 0.342 e. The summed E-state index contributed by atoms with van der Waals surface area (Å²) in [5, 5.41) is 19.7. The molecule has 0 spiro atoms. The molecule has 2 aromatic rings. The molecule has 1 N–H and O–H groups in total. The van der Waals surface area contributed by atoms with E-state index in [1.165, 1.54) is 6.92 Å². The number of rotatable bonds is 4. The summed E-state index contributed by atoms with van der Waals surface area (Å²) in [5.41, 5.74) is -1.10. The molecule has 0 aliphatic carbocycles. The molecular formula is C12H8FN3O5. The van der Waals surface area contributed by atoms with Crippen LogP contribution in [0.15, 0.2) is 24.5 Å². The molecule has 8 nitrogen and oxygen atoms in total. The minimum Gasteiger partial charge on any atom is -0.477 e. The predicted octanol–water partition coefficient (Wildman–Crippen LogP) is 2.32. The maximum absolute atomic E-state index is 13.7. The average molecular weight is 293 g/mol. The summed E-state index contributed by atoms with van der Waals surface area (Å²) < 4.78 is 18.8. The van der Waals surface area contributed by atoms with Gasteiger partial charge in [-0.25, -0.2) is 9.78 Å². The van der Waals surface area contributed by atoms with Crippen molar-refractivity contribution >= 4 is 11.7 Å². The van der Waals surface area contributed by atoms with E-state index in [1.54, 1.807) is 0 Å². The molecule has 21 heavy (non-hydrogen) atoms. The van der Waals surface area contributed by atoms with Crippen LogP contribution in [0.5, 0.6) is 11.6 Å². The Morgan fingerprint density at radius 2 is 2.14 bits per heavy atom. The summed E-state index contributed by atoms with van der Waals surface area (Å²) in [7, 11) is 0. The quantitative estimate of drug-likeness (QED) is 0.679. The van der Waals surface area contributed by atoms with Crippen LogP contribution in [0.1, 0.15) is 16.1 Å². The number of ether oxygens (including phenoxy) is 1. The van der Waals surface area contributed by atoms with Crippen LogP contribution < -0.4 is 4.74 Å². The van der Waals surface area contributed by atoms with Crippen molar-refractivity contribution in [1.82, 2.24) is 9.97 Å². The molecule has 0 saturated heterocycles. The summed E-state index contributed by atoms with van der Waals surface area (Å²) in [6.07, 6.45) is 1.08. The zero-order valence-electron chi connectivity index (χ0n) is 10.6. The van der Waals surface area contributed by atoms with Crippen LogP contribution in [0.4, 0.5) is 10.1 Å². The second-order valence-electron chi connectivity index (χ2n) is 3.92. The third-order valence-electron chi connectivity index (χ3n) is 2.54. The number of carboxylic acids is 1. The van der Waals surface area contributed by atoms with Crippen molar-refractivity contribution in [3.8, 4) is 11.6 Å². The largest absolute Gasteiger partial charge is 0.477 e. The second kappa shape index (κ2) is 5.49. The number of halogens is 1. The summed E-state index contributed by atoms with van der Waals surface area (Å²) in [6.45, 7) is 1.41. The van der Waals surface area contributed by atoms with Crippen LogP contribution >= 0.6 is 0 Å². The Labute approximate surface area is 117 Å². The highest BCUT2D eigenvalue weighted by molar-refractivity contribution is 5.92. The van der Waals surface area contributed by atoms with Crippen LogP contribution in [0.3, 0.4) is 0 Å². The molecule has 0 saturated carbocycles. The van der Waals surface area contributed by atoms with Crippen LogP contribution in [-0.4, -0.2) is 26.0 Å². The van der Waals surface area contributed by atoms with Crippen LogP contribution in [0.2, 0.25) is 0 Å². The zero-order valence-corrected chi connectivity index (χ0v) is 10.6. The Morgan fingerprint density at radius 1 is 1.43 bits per heavy atom. The van der Waals surface area contributed by atoms with Crippen molar-refractivity contribution in [1.29, 1.82) is 0 Å². The number of nitro benzene ring substituents is 1. The highest BCUT2D eigenvalue weighted by Crippen LogP contribution is 2.28. The number of benzene rings is 1. The summed E-state index contributed by atoms with van der Waals surface area (Å²) in [5.74, 6) is -2.78. The number of nitrogens with zero attached hydrogens (tertiary/aromatic N) is 3. The van der Waals surface area contributed by atoms with Crippen molar-refractivity contribution in [2.45, 2.75) is 6.92 Å². The Balaban J connectivity index is 2.42. The molecule has 0 radical (unpaired) electrons. The molecule has 0 amide bonds. The number of carbonyl (C=O) groups is 1. The van der Waals surface area contributed by atoms with Gasteiger partial charge in [-0.2, -0.15) is 9.37 Å². The van der Waals surface area contributed by atoms with Crippen molar-refractivity contribution in [2.24, 2.45) is 0 Å². The first kappa shape index (κ1) is 14.3. The van der Waals surface area contributed by atoms with Gasteiger partial charge in [0.2, 0.25) is 5.82 Å². The Bertz CT molecular complexity index is 735. The van der Waals surface area contributed by atoms with Gasteiger partial charge < -0.3 is 9.84 Å². The lowest BCUT2D eigenvalue weighted by atomic mass is 10.1. The molecule has 0 fully saturated rings. The van der Waals surface area contributed by atoms with E-state index in [9.17, 15) is 19.3 Å². The molecule has 0 aliphatic rings. The molecule has 2 rings (SSSR count). The fraction of sp³-hybridized carbons (Fsp3) is 0.0833. The second-order valence-corrected chi connectivity index (χ2v) is 3.92. The zero-order chi connectivity index (χ0) is 15.6. The van der Waals surface area contributed by atoms with Crippen LogP contribution in [-0.2, 0) is 0 Å². The molecule has 1 heterocycles. The van der Waals surface area contributed by atoms with Crippen molar-refractivity contribution in [3.05, 3.63) is 51.7 Å². The first-order chi connectivity index (χ1) is 9.90. The molecule has 1 aromatic carbocycles. The monoisotopic (exact) mass is 293 g/mol. The van der Waals surface area contributed by atoms with E-state index < -0.39 is 33.8 Å². The standard InChI is InChI=1S/C12H8FN3O5/c1-6-10(13)11(15-5-14-6)21-7-2-3-9(16(19)20)8(4-7)12(17)18/h2-5H,1H3,(H,17,18). The number of hydrogen-bond donors (Lipinski definition) is 1. The van der Waals surface area contributed by atoms with E-state index >= 15 is 0 Å². The van der Waals surface area contributed by atoms with Gasteiger partial charge in [0.05, 0.1) is 10.6 Å². The lowest BCUT2D eigenvalue weighted by molar-refractivity contribution is -0.385. The fourth-order valence-corrected chi connectivity index (χ4v) is 1.53. The van der Waals surface area contributed by atoms with Gasteiger partial charge in [-0.15, -0.1) is 0 Å². The van der Waals surface area contributed by atoms with Crippen molar-refractivity contribution in [3.63, 3.8) is 0 Å². The van der Waals surface area contributed by atoms with Gasteiger partial charge in [0.15, 0.2) is 0 Å². The minimum atomic E-state index is -1.49. The number of aryl methyl sites for hydroxylation is 1. The van der Waals surface area contributed by atoms with E-state index in [4.69, 9.17) is 9.84 Å². The van der Waals surface area contributed by atoms with E-state index in [0.717, 1.165) is 24.5 Å². The lowest BCUT2D eigenvalue weighted by Gasteiger charge is -2.07. The number of hydrogen-bond acceptors (Lipinski definition) is 6. The Kier molecular flexibility index (Phi) is 3.74. The maximum atomic E-state index is 13.7. The molecular weight excluding hydrogens is 285 g/mol. The normalized spacial score (nSPS) is 10.2. The van der Waals surface area contributed by atoms with Gasteiger partial charge >= 0.3 is 5.97 Å². The first-order valence-electron chi connectivity index (χ1n) is 5.57. The maximum Gasteiger partial charge on any atom is 0.342 e. The summed E-state index contributed by atoms with van der Waals surface area (Å²) in [6, 6.07) is 3.05. The van der Waals surface area contributed by atoms with Gasteiger partial charge in [0.25, 0.3) is 11.6 Å². The molecule has 9 heteroatoms. The predicted molar refractivity (Wildman–Crippen MR) is 66.9 cm³/mol. The number of carboxylic acid groups (broad SMARTS) is 1. The Morgan fingerprint density at radius 3 is 2.76 bits per heavy atom. The van der Waals surface area contributed by atoms with Crippen LogP contribution in [0, 0.1) is 22.9 Å². The number of nitro groups is 1. The van der Waals surface area contributed by atoms with E-state index in [2.05, 4.69) is 9.97 Å². The van der Waals surface area contributed by atoms with Gasteiger partial charge in [0, 0.05) is 12.1 Å². The van der Waals surface area contributed by atoms with E-state index in [0.29, 0.717) is 0 Å². The molecule has 0 bridgehead atoms. The van der Waals surface area contributed by atoms with Gasteiger partial charge in [-0.1, -0.05) is 0 Å². The molecule has 1 aromatic heterocycles. The fourth-order valence-electron chi connectivity index (χ4n) is 1.53. The van der Waals surface area contributed by atoms with E-state index in [-0.39, 0.29) is 11.4 Å². The van der Waals surface area contributed by atoms with Crippen LogP contribution in [0.25, 0.3) is 0 Å². The topological polar surface area (TPSA) is 115 Å². The third kappa shape index (κ3) is 2.91. The number of aromatic carboxylic acids is 1. The Hall–Kier alpha value is -3.10. The van der Waals surface area contributed by atoms with E-state index in [1.807, 2.05) is 0 Å². The number of aromatic nitrogens is 2. The molecule has 0 atom stereocenters. The summed E-state index contributed by atoms with van der Waals surface area (Å²) in [4.78, 5) is 28.1. The molecule has 0 unspecified atom stereocenters. The third-order valence-corrected chi connectivity index (χ3v) is 2.54. The van der Waals surface area contributed by atoms with Crippen molar-refractivity contribution in [2.75, 3.05) is 0 Å².